The maximum absolute atomic E-state index is 13.5. The molecule has 100 valence electrons. The Labute approximate surface area is 114 Å². The van der Waals surface area contributed by atoms with Gasteiger partial charge in [0.05, 0.1) is 17.3 Å². The largest absolute Gasteiger partial charge is 0.345 e. The lowest BCUT2D eigenvalue weighted by atomic mass is 10.1. The molecule has 6 heteroatoms. The van der Waals surface area contributed by atoms with E-state index in [0.29, 0.717) is 0 Å². The second-order valence-corrected chi connectivity index (χ2v) is 4.84. The summed E-state index contributed by atoms with van der Waals surface area (Å²) in [6.07, 6.45) is 0. The Morgan fingerprint density at radius 3 is 2.84 bits per heavy atom. The van der Waals surface area contributed by atoms with Crippen LogP contribution in [0.3, 0.4) is 0 Å². The van der Waals surface area contributed by atoms with Crippen LogP contribution in [0, 0.1) is 5.82 Å². The first-order valence-corrected chi connectivity index (χ1v) is 6.66. The quantitative estimate of drug-likeness (QED) is 0.595. The number of hydrazine groups is 1. The summed E-state index contributed by atoms with van der Waals surface area (Å²) in [4.78, 5) is 12.1. The van der Waals surface area contributed by atoms with Crippen LogP contribution in [0.2, 0.25) is 0 Å². The minimum Gasteiger partial charge on any atom is -0.345 e. The van der Waals surface area contributed by atoms with Gasteiger partial charge in [0.2, 0.25) is 0 Å². The van der Waals surface area contributed by atoms with Crippen molar-refractivity contribution in [1.82, 2.24) is 5.32 Å². The lowest BCUT2D eigenvalue weighted by Gasteiger charge is -2.15. The summed E-state index contributed by atoms with van der Waals surface area (Å²) in [7, 11) is 0. The average molecular weight is 279 g/mol. The number of rotatable bonds is 4. The van der Waals surface area contributed by atoms with Gasteiger partial charge in [-0.05, 0) is 41.4 Å². The molecule has 1 amide bonds. The summed E-state index contributed by atoms with van der Waals surface area (Å²) >= 11 is 1.56. The molecule has 0 bridgehead atoms. The van der Waals surface area contributed by atoms with E-state index in [1.807, 2.05) is 23.8 Å². The smallest absolute Gasteiger partial charge is 0.254 e. The van der Waals surface area contributed by atoms with E-state index in [1.165, 1.54) is 18.2 Å². The van der Waals surface area contributed by atoms with Crippen molar-refractivity contribution in [3.05, 3.63) is 52.0 Å². The molecule has 4 N–H and O–H groups in total. The number of anilines is 1. The zero-order chi connectivity index (χ0) is 13.8. The van der Waals surface area contributed by atoms with Crippen LogP contribution in [0.15, 0.2) is 35.0 Å². The summed E-state index contributed by atoms with van der Waals surface area (Å²) in [5.41, 5.74) is 3.41. The van der Waals surface area contributed by atoms with E-state index in [-0.39, 0.29) is 23.2 Å². The van der Waals surface area contributed by atoms with Gasteiger partial charge < -0.3 is 10.7 Å². The van der Waals surface area contributed by atoms with E-state index < -0.39 is 5.82 Å². The lowest BCUT2D eigenvalue weighted by molar-refractivity contribution is 0.0940. The summed E-state index contributed by atoms with van der Waals surface area (Å²) in [5.74, 6) is 4.32. The van der Waals surface area contributed by atoms with Crippen molar-refractivity contribution in [2.75, 3.05) is 5.43 Å². The highest BCUT2D eigenvalue weighted by molar-refractivity contribution is 7.07. The highest BCUT2D eigenvalue weighted by Crippen LogP contribution is 2.21. The van der Waals surface area contributed by atoms with Gasteiger partial charge >= 0.3 is 0 Å². The standard InChI is InChI=1S/C13H14FN3OS/c1-8(9-5-6-19-7-9)16-13(18)10-3-2-4-11(14)12(10)17-15/h2-8,17H,15H2,1H3,(H,16,18). The Kier molecular flexibility index (Phi) is 4.13. The number of nitrogens with one attached hydrogen (secondary N) is 2. The molecule has 0 aliphatic rings. The second-order valence-electron chi connectivity index (χ2n) is 4.06. The SMILES string of the molecule is CC(NC(=O)c1cccc(F)c1NN)c1ccsc1. The summed E-state index contributed by atoms with van der Waals surface area (Å²) in [5, 5.41) is 6.70. The molecule has 0 saturated carbocycles. The van der Waals surface area contributed by atoms with E-state index in [4.69, 9.17) is 5.84 Å². The van der Waals surface area contributed by atoms with E-state index in [0.717, 1.165) is 5.56 Å². The van der Waals surface area contributed by atoms with Crippen LogP contribution in [0.1, 0.15) is 28.9 Å². The molecule has 2 rings (SSSR count). The molecule has 0 spiro atoms. The molecule has 19 heavy (non-hydrogen) atoms. The molecule has 2 aromatic rings. The van der Waals surface area contributed by atoms with Crippen molar-refractivity contribution < 1.29 is 9.18 Å². The fourth-order valence-corrected chi connectivity index (χ4v) is 2.49. The fraction of sp³-hybridized carbons (Fsp3) is 0.154. The molecule has 0 aliphatic heterocycles. The first kappa shape index (κ1) is 13.5. The molecular formula is C13H14FN3OS. The van der Waals surface area contributed by atoms with Gasteiger partial charge in [-0.1, -0.05) is 6.07 Å². The highest BCUT2D eigenvalue weighted by Gasteiger charge is 2.17. The third-order valence-corrected chi connectivity index (χ3v) is 3.49. The zero-order valence-corrected chi connectivity index (χ0v) is 11.1. The predicted molar refractivity (Wildman–Crippen MR) is 74.4 cm³/mol. The van der Waals surface area contributed by atoms with E-state index >= 15 is 0 Å². The van der Waals surface area contributed by atoms with E-state index in [2.05, 4.69) is 10.7 Å². The molecule has 0 saturated heterocycles. The fourth-order valence-electron chi connectivity index (χ4n) is 1.74. The number of hydrogen-bond acceptors (Lipinski definition) is 4. The Morgan fingerprint density at radius 1 is 1.42 bits per heavy atom. The number of halogens is 1. The molecule has 1 aromatic carbocycles. The van der Waals surface area contributed by atoms with Crippen LogP contribution in [0.4, 0.5) is 10.1 Å². The van der Waals surface area contributed by atoms with Gasteiger partial charge in [-0.2, -0.15) is 11.3 Å². The number of amides is 1. The summed E-state index contributed by atoms with van der Waals surface area (Å²) in [6, 6.07) is 6.03. The molecule has 1 aromatic heterocycles. The topological polar surface area (TPSA) is 67.2 Å². The molecule has 1 heterocycles. The van der Waals surface area contributed by atoms with Crippen LogP contribution >= 0.6 is 11.3 Å². The summed E-state index contributed by atoms with van der Waals surface area (Å²) in [6.45, 7) is 1.87. The lowest BCUT2D eigenvalue weighted by Crippen LogP contribution is -2.28. The van der Waals surface area contributed by atoms with Gasteiger partial charge in [-0.25, -0.2) is 4.39 Å². The Morgan fingerprint density at radius 2 is 2.21 bits per heavy atom. The maximum Gasteiger partial charge on any atom is 0.254 e. The third kappa shape index (κ3) is 2.91. The molecule has 0 fully saturated rings. The molecule has 4 nitrogen and oxygen atoms in total. The van der Waals surface area contributed by atoms with Gasteiger partial charge in [0.15, 0.2) is 0 Å². The molecule has 0 aliphatic carbocycles. The van der Waals surface area contributed by atoms with Crippen molar-refractivity contribution >= 4 is 22.9 Å². The minimum absolute atomic E-state index is 0.00230. The van der Waals surface area contributed by atoms with E-state index in [9.17, 15) is 9.18 Å². The number of nitrogen functional groups attached to an aromatic ring is 1. The van der Waals surface area contributed by atoms with Crippen molar-refractivity contribution in [3.63, 3.8) is 0 Å². The number of nitrogens with two attached hydrogens (primary N) is 1. The molecule has 1 unspecified atom stereocenters. The molecular weight excluding hydrogens is 265 g/mol. The van der Waals surface area contributed by atoms with Crippen molar-refractivity contribution in [2.45, 2.75) is 13.0 Å². The van der Waals surface area contributed by atoms with Crippen molar-refractivity contribution in [1.29, 1.82) is 0 Å². The first-order valence-electron chi connectivity index (χ1n) is 5.71. The first-order chi connectivity index (χ1) is 9.13. The number of para-hydroxylation sites is 1. The van der Waals surface area contributed by atoms with Gasteiger partial charge in [0, 0.05) is 0 Å². The Bertz CT molecular complexity index is 571. The number of hydrogen-bond donors (Lipinski definition) is 3. The third-order valence-electron chi connectivity index (χ3n) is 2.79. The number of benzene rings is 1. The highest BCUT2D eigenvalue weighted by atomic mass is 32.1. The van der Waals surface area contributed by atoms with Gasteiger partial charge in [0.25, 0.3) is 5.91 Å². The number of carbonyl (C=O) groups is 1. The minimum atomic E-state index is -0.557. The molecule has 1 atom stereocenters. The van der Waals surface area contributed by atoms with Crippen molar-refractivity contribution in [2.24, 2.45) is 5.84 Å². The normalized spacial score (nSPS) is 11.9. The maximum atomic E-state index is 13.5. The van der Waals surface area contributed by atoms with Crippen molar-refractivity contribution in [3.8, 4) is 0 Å². The van der Waals surface area contributed by atoms with E-state index in [1.54, 1.807) is 11.3 Å². The zero-order valence-electron chi connectivity index (χ0n) is 10.3. The summed E-state index contributed by atoms with van der Waals surface area (Å²) < 4.78 is 13.5. The Balaban J connectivity index is 2.19. The number of carbonyl (C=O) groups excluding carboxylic acids is 1. The van der Waals surface area contributed by atoms with Crippen LogP contribution in [0.5, 0.6) is 0 Å². The van der Waals surface area contributed by atoms with Gasteiger partial charge in [-0.3, -0.25) is 10.6 Å². The average Bonchev–Trinajstić information content (AvgIpc) is 2.92. The van der Waals surface area contributed by atoms with Crippen LogP contribution < -0.4 is 16.6 Å². The van der Waals surface area contributed by atoms with Crippen LogP contribution in [-0.4, -0.2) is 5.91 Å². The van der Waals surface area contributed by atoms with Crippen LogP contribution in [0.25, 0.3) is 0 Å². The van der Waals surface area contributed by atoms with Gasteiger partial charge in [0.1, 0.15) is 5.82 Å². The molecule has 0 radical (unpaired) electrons. The predicted octanol–water partition coefficient (Wildman–Crippen LogP) is 2.66. The van der Waals surface area contributed by atoms with Crippen LogP contribution in [-0.2, 0) is 0 Å². The monoisotopic (exact) mass is 279 g/mol. The second kappa shape index (κ2) is 5.81. The Hall–Kier alpha value is -1.92. The number of thiophene rings is 1. The van der Waals surface area contributed by atoms with Gasteiger partial charge in [-0.15, -0.1) is 0 Å².